The molecule has 1 aliphatic heterocycles. The van der Waals surface area contributed by atoms with Gasteiger partial charge in [0.05, 0.1) is 6.04 Å². The van der Waals surface area contributed by atoms with Crippen molar-refractivity contribution in [2.45, 2.75) is 51.0 Å². The molecule has 5 fully saturated rings. The molecule has 0 spiro atoms. The fraction of sp³-hybridized carbons (Fsp3) is 0.938. The maximum atomic E-state index is 12.2. The number of hydrogen-bond acceptors (Lipinski definition) is 2. The molecule has 1 unspecified atom stereocenters. The molecule has 5 rings (SSSR count). The number of carbonyl (C=O) groups excluding carboxylic acids is 1. The van der Waals surface area contributed by atoms with Gasteiger partial charge in [-0.05, 0) is 74.5 Å². The molecular formula is C16H26N2O. The van der Waals surface area contributed by atoms with Crippen molar-refractivity contribution >= 4 is 5.91 Å². The molecule has 1 saturated heterocycles. The van der Waals surface area contributed by atoms with Gasteiger partial charge in [-0.25, -0.2) is 0 Å². The lowest BCUT2D eigenvalue weighted by Gasteiger charge is -2.55. The molecule has 3 heteroatoms. The summed E-state index contributed by atoms with van der Waals surface area (Å²) < 4.78 is 0. The molecule has 1 heterocycles. The number of carbonyl (C=O) groups is 1. The molecule has 5 aliphatic rings. The predicted molar refractivity (Wildman–Crippen MR) is 74.3 cm³/mol. The van der Waals surface area contributed by atoms with Crippen molar-refractivity contribution in [1.82, 2.24) is 4.90 Å². The summed E-state index contributed by atoms with van der Waals surface area (Å²) in [5.41, 5.74) is 5.93. The monoisotopic (exact) mass is 262 g/mol. The highest BCUT2D eigenvalue weighted by atomic mass is 16.2. The molecule has 106 valence electrons. The highest BCUT2D eigenvalue weighted by Gasteiger charge is 2.48. The summed E-state index contributed by atoms with van der Waals surface area (Å²) in [5.74, 6) is 4.91. The highest BCUT2D eigenvalue weighted by molar-refractivity contribution is 5.82. The maximum absolute atomic E-state index is 12.2. The largest absolute Gasteiger partial charge is 0.341 e. The van der Waals surface area contributed by atoms with Gasteiger partial charge in [-0.3, -0.25) is 4.79 Å². The summed E-state index contributed by atoms with van der Waals surface area (Å²) in [6.45, 7) is 1.97. The van der Waals surface area contributed by atoms with Gasteiger partial charge < -0.3 is 10.6 Å². The molecule has 0 radical (unpaired) electrons. The fourth-order valence-corrected chi connectivity index (χ4v) is 5.74. The van der Waals surface area contributed by atoms with Crippen molar-refractivity contribution in [2.24, 2.45) is 35.3 Å². The lowest BCUT2D eigenvalue weighted by Crippen LogP contribution is -2.54. The Labute approximate surface area is 115 Å². The second kappa shape index (κ2) is 4.47. The Hall–Kier alpha value is -0.570. The van der Waals surface area contributed by atoms with Gasteiger partial charge in [0.15, 0.2) is 0 Å². The molecular weight excluding hydrogens is 236 g/mol. The van der Waals surface area contributed by atoms with Crippen molar-refractivity contribution in [3.63, 3.8) is 0 Å². The molecule has 4 aliphatic carbocycles. The molecule has 1 atom stereocenters. The summed E-state index contributed by atoms with van der Waals surface area (Å²) in [7, 11) is 0. The van der Waals surface area contributed by atoms with E-state index in [1.807, 2.05) is 0 Å². The van der Waals surface area contributed by atoms with E-state index in [-0.39, 0.29) is 11.9 Å². The van der Waals surface area contributed by atoms with Crippen LogP contribution in [-0.2, 0) is 4.79 Å². The third kappa shape index (κ3) is 2.01. The number of nitrogens with zero attached hydrogens (tertiary/aromatic N) is 1. The van der Waals surface area contributed by atoms with Crippen LogP contribution in [0.1, 0.15) is 44.9 Å². The Balaban J connectivity index is 1.46. The van der Waals surface area contributed by atoms with E-state index >= 15 is 0 Å². The van der Waals surface area contributed by atoms with Gasteiger partial charge in [-0.15, -0.1) is 0 Å². The van der Waals surface area contributed by atoms with E-state index in [1.165, 1.54) is 32.1 Å². The van der Waals surface area contributed by atoms with Crippen LogP contribution >= 0.6 is 0 Å². The van der Waals surface area contributed by atoms with E-state index in [4.69, 9.17) is 5.73 Å². The van der Waals surface area contributed by atoms with Crippen LogP contribution in [0.3, 0.4) is 0 Å². The van der Waals surface area contributed by atoms with Gasteiger partial charge in [0.2, 0.25) is 5.91 Å². The second-order valence-electron chi connectivity index (χ2n) is 7.63. The molecule has 1 amide bonds. The summed E-state index contributed by atoms with van der Waals surface area (Å²) >= 11 is 0. The van der Waals surface area contributed by atoms with E-state index in [2.05, 4.69) is 4.90 Å². The van der Waals surface area contributed by atoms with Crippen LogP contribution in [0, 0.1) is 29.6 Å². The van der Waals surface area contributed by atoms with Crippen molar-refractivity contribution in [2.75, 3.05) is 13.1 Å². The zero-order valence-corrected chi connectivity index (χ0v) is 11.8. The van der Waals surface area contributed by atoms with Gasteiger partial charge in [0.1, 0.15) is 0 Å². The minimum atomic E-state index is -0.217. The third-order valence-corrected chi connectivity index (χ3v) is 6.43. The van der Waals surface area contributed by atoms with E-state index in [0.29, 0.717) is 0 Å². The molecule has 4 saturated carbocycles. The van der Waals surface area contributed by atoms with Crippen molar-refractivity contribution < 1.29 is 4.79 Å². The van der Waals surface area contributed by atoms with Crippen LogP contribution in [0.5, 0.6) is 0 Å². The van der Waals surface area contributed by atoms with Gasteiger partial charge in [0, 0.05) is 13.1 Å². The minimum absolute atomic E-state index is 0.217. The van der Waals surface area contributed by atoms with E-state index in [9.17, 15) is 4.79 Å². The molecule has 2 N–H and O–H groups in total. The van der Waals surface area contributed by atoms with Crippen LogP contribution in [0.25, 0.3) is 0 Å². The first-order valence-corrected chi connectivity index (χ1v) is 8.25. The number of piperidine rings is 1. The Morgan fingerprint density at radius 3 is 2.32 bits per heavy atom. The lowest BCUT2D eigenvalue weighted by molar-refractivity contribution is -0.138. The number of likely N-dealkylation sites (tertiary alicyclic amines) is 1. The van der Waals surface area contributed by atoms with E-state index in [1.54, 1.807) is 0 Å². The quantitative estimate of drug-likeness (QED) is 0.827. The van der Waals surface area contributed by atoms with Crippen LogP contribution in [0.15, 0.2) is 0 Å². The standard InChI is InChI=1S/C16H26N2O/c17-15-2-1-3-18(16(15)19)9-14-12-5-10-4-11(7-12)8-13(14)6-10/h10-15H,1-9,17H2. The van der Waals surface area contributed by atoms with Crippen molar-refractivity contribution in [3.8, 4) is 0 Å². The number of amides is 1. The molecule has 0 aromatic carbocycles. The SMILES string of the molecule is NC1CCCN(CC2C3CC4CC(C3)CC2C4)C1=O. The van der Waals surface area contributed by atoms with Gasteiger partial charge in [-0.1, -0.05) is 0 Å². The van der Waals surface area contributed by atoms with E-state index < -0.39 is 0 Å². The van der Waals surface area contributed by atoms with Gasteiger partial charge >= 0.3 is 0 Å². The summed E-state index contributed by atoms with van der Waals surface area (Å²) in [4.78, 5) is 14.3. The Morgan fingerprint density at radius 2 is 1.68 bits per heavy atom. The first kappa shape index (κ1) is 12.2. The summed E-state index contributed by atoms with van der Waals surface area (Å²) in [6, 6.07) is -0.217. The molecule has 3 nitrogen and oxygen atoms in total. The maximum Gasteiger partial charge on any atom is 0.239 e. The lowest BCUT2D eigenvalue weighted by atomic mass is 9.52. The first-order chi connectivity index (χ1) is 9.20. The van der Waals surface area contributed by atoms with Crippen molar-refractivity contribution in [3.05, 3.63) is 0 Å². The Kier molecular flexibility index (Phi) is 2.87. The first-order valence-electron chi connectivity index (χ1n) is 8.25. The van der Waals surface area contributed by atoms with Crippen molar-refractivity contribution in [1.29, 1.82) is 0 Å². The zero-order valence-electron chi connectivity index (χ0n) is 11.8. The normalized spacial score (nSPS) is 48.9. The summed E-state index contributed by atoms with van der Waals surface area (Å²) in [6.07, 6.45) is 9.29. The topological polar surface area (TPSA) is 46.3 Å². The van der Waals surface area contributed by atoms with Crippen LogP contribution in [0.2, 0.25) is 0 Å². The number of hydrogen-bond donors (Lipinski definition) is 1. The zero-order chi connectivity index (χ0) is 13.0. The van der Waals surface area contributed by atoms with Gasteiger partial charge in [0.25, 0.3) is 0 Å². The molecule has 19 heavy (non-hydrogen) atoms. The third-order valence-electron chi connectivity index (χ3n) is 6.43. The molecule has 4 bridgehead atoms. The average molecular weight is 262 g/mol. The van der Waals surface area contributed by atoms with Crippen LogP contribution in [0.4, 0.5) is 0 Å². The second-order valence-corrected chi connectivity index (χ2v) is 7.63. The molecule has 0 aromatic heterocycles. The minimum Gasteiger partial charge on any atom is -0.341 e. The number of rotatable bonds is 2. The fourth-order valence-electron chi connectivity index (χ4n) is 5.74. The van der Waals surface area contributed by atoms with Crippen LogP contribution < -0.4 is 5.73 Å². The Bertz CT molecular complexity index is 353. The average Bonchev–Trinajstić information content (AvgIpc) is 2.38. The highest BCUT2D eigenvalue weighted by Crippen LogP contribution is 2.56. The Morgan fingerprint density at radius 1 is 1.05 bits per heavy atom. The smallest absolute Gasteiger partial charge is 0.239 e. The van der Waals surface area contributed by atoms with Crippen LogP contribution in [-0.4, -0.2) is 29.9 Å². The van der Waals surface area contributed by atoms with E-state index in [0.717, 1.165) is 55.5 Å². The number of nitrogens with two attached hydrogens (primary N) is 1. The van der Waals surface area contributed by atoms with Gasteiger partial charge in [-0.2, -0.15) is 0 Å². The summed E-state index contributed by atoms with van der Waals surface area (Å²) in [5, 5.41) is 0. The molecule has 0 aromatic rings. The predicted octanol–water partition coefficient (Wildman–Crippen LogP) is 2.01.